The van der Waals surface area contributed by atoms with Crippen molar-refractivity contribution in [3.63, 3.8) is 0 Å². The zero-order chi connectivity index (χ0) is 12.4. The molecular weight excluding hydrogens is 220 g/mol. The summed E-state index contributed by atoms with van der Waals surface area (Å²) < 4.78 is 10.3. The smallest absolute Gasteiger partial charge is 0.156 e. The summed E-state index contributed by atoms with van der Waals surface area (Å²) in [4.78, 5) is 11.2. The Bertz CT molecular complexity index is 488. The van der Waals surface area contributed by atoms with E-state index >= 15 is 0 Å². The number of benzene rings is 1. The Morgan fingerprint density at radius 3 is 2.47 bits per heavy atom. The summed E-state index contributed by atoms with van der Waals surface area (Å²) in [6.45, 7) is 0. The molecule has 90 valence electrons. The van der Waals surface area contributed by atoms with E-state index in [4.69, 9.17) is 9.47 Å². The van der Waals surface area contributed by atoms with E-state index in [1.807, 2.05) is 0 Å². The standard InChI is InChI=1S/C13H14O4/c1-16-10-6-11(15)13(12(7-10)17-2)8-3-4-9(14)5-8/h5-7,15H,3-4H2,1-2H3. The van der Waals surface area contributed by atoms with Crippen molar-refractivity contribution in [3.05, 3.63) is 23.8 Å². The largest absolute Gasteiger partial charge is 0.507 e. The number of carbonyl (C=O) groups is 1. The predicted octanol–water partition coefficient (Wildman–Crippen LogP) is 2.16. The summed E-state index contributed by atoms with van der Waals surface area (Å²) in [7, 11) is 3.04. The summed E-state index contributed by atoms with van der Waals surface area (Å²) in [5, 5.41) is 9.97. The van der Waals surface area contributed by atoms with Gasteiger partial charge in [-0.3, -0.25) is 4.79 Å². The zero-order valence-corrected chi connectivity index (χ0v) is 9.82. The average Bonchev–Trinajstić information content (AvgIpc) is 2.74. The van der Waals surface area contributed by atoms with E-state index in [0.717, 1.165) is 5.57 Å². The molecule has 0 aromatic heterocycles. The minimum Gasteiger partial charge on any atom is -0.507 e. The summed E-state index contributed by atoms with van der Waals surface area (Å²) in [6, 6.07) is 3.21. The Kier molecular flexibility index (Phi) is 3.04. The van der Waals surface area contributed by atoms with Gasteiger partial charge in [0.05, 0.1) is 19.8 Å². The monoisotopic (exact) mass is 234 g/mol. The molecule has 0 heterocycles. The molecule has 0 saturated carbocycles. The number of phenols is 1. The zero-order valence-electron chi connectivity index (χ0n) is 9.82. The van der Waals surface area contributed by atoms with Gasteiger partial charge >= 0.3 is 0 Å². The summed E-state index contributed by atoms with van der Waals surface area (Å²) in [5.74, 6) is 1.19. The summed E-state index contributed by atoms with van der Waals surface area (Å²) in [5.41, 5.74) is 1.39. The van der Waals surface area contributed by atoms with Crippen molar-refractivity contribution in [2.45, 2.75) is 12.8 Å². The lowest BCUT2D eigenvalue weighted by Gasteiger charge is -2.13. The number of carbonyl (C=O) groups excluding carboxylic acids is 1. The number of rotatable bonds is 3. The van der Waals surface area contributed by atoms with Gasteiger partial charge < -0.3 is 14.6 Å². The van der Waals surface area contributed by atoms with E-state index < -0.39 is 0 Å². The van der Waals surface area contributed by atoms with Gasteiger partial charge in [-0.2, -0.15) is 0 Å². The quantitative estimate of drug-likeness (QED) is 0.870. The van der Waals surface area contributed by atoms with Crippen molar-refractivity contribution in [3.8, 4) is 17.2 Å². The van der Waals surface area contributed by atoms with Crippen LogP contribution in [0.25, 0.3) is 5.57 Å². The lowest BCUT2D eigenvalue weighted by atomic mass is 10.0. The third-order valence-corrected chi connectivity index (χ3v) is 2.81. The highest BCUT2D eigenvalue weighted by molar-refractivity contribution is 6.03. The Labute approximate surface area is 99.5 Å². The molecule has 4 nitrogen and oxygen atoms in total. The van der Waals surface area contributed by atoms with Gasteiger partial charge in [-0.25, -0.2) is 0 Å². The third kappa shape index (κ3) is 2.11. The van der Waals surface area contributed by atoms with Crippen LogP contribution < -0.4 is 9.47 Å². The van der Waals surface area contributed by atoms with Crippen molar-refractivity contribution >= 4 is 11.4 Å². The summed E-state index contributed by atoms with van der Waals surface area (Å²) >= 11 is 0. The maximum Gasteiger partial charge on any atom is 0.156 e. The van der Waals surface area contributed by atoms with Gasteiger partial charge in [-0.05, 0) is 18.1 Å². The topological polar surface area (TPSA) is 55.8 Å². The van der Waals surface area contributed by atoms with Crippen LogP contribution in [0.2, 0.25) is 0 Å². The van der Waals surface area contributed by atoms with E-state index in [-0.39, 0.29) is 11.5 Å². The first-order chi connectivity index (χ1) is 8.15. The first-order valence-electron chi connectivity index (χ1n) is 5.34. The molecule has 1 aromatic carbocycles. The number of hydrogen-bond donors (Lipinski definition) is 1. The molecule has 0 bridgehead atoms. The van der Waals surface area contributed by atoms with E-state index in [2.05, 4.69) is 0 Å². The maximum absolute atomic E-state index is 11.2. The van der Waals surface area contributed by atoms with Gasteiger partial charge in [0.1, 0.15) is 17.2 Å². The molecule has 0 amide bonds. The van der Waals surface area contributed by atoms with Crippen molar-refractivity contribution in [2.24, 2.45) is 0 Å². The number of ketones is 1. The van der Waals surface area contributed by atoms with Crippen LogP contribution in [-0.4, -0.2) is 25.1 Å². The van der Waals surface area contributed by atoms with Gasteiger partial charge in [0.15, 0.2) is 5.78 Å². The van der Waals surface area contributed by atoms with Crippen LogP contribution in [0, 0.1) is 0 Å². The Hall–Kier alpha value is -1.97. The van der Waals surface area contributed by atoms with E-state index in [1.54, 1.807) is 12.1 Å². The van der Waals surface area contributed by atoms with Crippen LogP contribution in [0.15, 0.2) is 18.2 Å². The van der Waals surface area contributed by atoms with E-state index in [9.17, 15) is 9.90 Å². The summed E-state index contributed by atoms with van der Waals surface area (Å²) in [6.07, 6.45) is 2.68. The molecule has 0 fully saturated rings. The molecule has 1 aromatic rings. The molecule has 1 N–H and O–H groups in total. The number of phenolic OH excluding ortho intramolecular Hbond substituents is 1. The van der Waals surface area contributed by atoms with Gasteiger partial charge in [0, 0.05) is 18.6 Å². The third-order valence-electron chi connectivity index (χ3n) is 2.81. The molecule has 17 heavy (non-hydrogen) atoms. The molecule has 1 aliphatic carbocycles. The molecular formula is C13H14O4. The highest BCUT2D eigenvalue weighted by atomic mass is 16.5. The fourth-order valence-electron chi connectivity index (χ4n) is 1.97. The number of methoxy groups -OCH3 is 2. The molecule has 0 atom stereocenters. The molecule has 0 spiro atoms. The highest BCUT2D eigenvalue weighted by Crippen LogP contribution is 2.41. The Morgan fingerprint density at radius 1 is 1.18 bits per heavy atom. The van der Waals surface area contributed by atoms with Crippen molar-refractivity contribution < 1.29 is 19.4 Å². The van der Waals surface area contributed by atoms with Crippen LogP contribution >= 0.6 is 0 Å². The average molecular weight is 234 g/mol. The number of aromatic hydroxyl groups is 1. The van der Waals surface area contributed by atoms with Gasteiger partial charge in [0.25, 0.3) is 0 Å². The molecule has 4 heteroatoms. The molecule has 2 rings (SSSR count). The fourth-order valence-corrected chi connectivity index (χ4v) is 1.97. The molecule has 0 radical (unpaired) electrons. The second-order valence-electron chi connectivity index (χ2n) is 3.86. The normalized spacial score (nSPS) is 14.7. The SMILES string of the molecule is COc1cc(O)c(C2=CC(=O)CC2)c(OC)c1. The first-order valence-corrected chi connectivity index (χ1v) is 5.34. The van der Waals surface area contributed by atoms with Crippen LogP contribution in [0.5, 0.6) is 17.2 Å². The molecule has 0 saturated heterocycles. The van der Waals surface area contributed by atoms with Crippen LogP contribution in [0.3, 0.4) is 0 Å². The second-order valence-corrected chi connectivity index (χ2v) is 3.86. The van der Waals surface area contributed by atoms with Crippen molar-refractivity contribution in [1.82, 2.24) is 0 Å². The number of hydrogen-bond acceptors (Lipinski definition) is 4. The highest BCUT2D eigenvalue weighted by Gasteiger charge is 2.21. The van der Waals surface area contributed by atoms with Gasteiger partial charge in [0.2, 0.25) is 0 Å². The molecule has 1 aliphatic rings. The fraction of sp³-hybridized carbons (Fsp3) is 0.308. The van der Waals surface area contributed by atoms with Crippen LogP contribution in [0.4, 0.5) is 0 Å². The van der Waals surface area contributed by atoms with E-state index in [0.29, 0.717) is 29.9 Å². The Morgan fingerprint density at radius 2 is 1.94 bits per heavy atom. The van der Waals surface area contributed by atoms with Crippen LogP contribution in [-0.2, 0) is 4.79 Å². The lowest BCUT2D eigenvalue weighted by molar-refractivity contribution is -0.114. The second kappa shape index (κ2) is 4.49. The van der Waals surface area contributed by atoms with Crippen molar-refractivity contribution in [2.75, 3.05) is 14.2 Å². The molecule has 0 unspecified atom stereocenters. The number of ether oxygens (including phenoxy) is 2. The van der Waals surface area contributed by atoms with Crippen LogP contribution in [0.1, 0.15) is 18.4 Å². The predicted molar refractivity (Wildman–Crippen MR) is 63.4 cm³/mol. The minimum absolute atomic E-state index is 0.0714. The molecule has 0 aliphatic heterocycles. The maximum atomic E-state index is 11.2. The lowest BCUT2D eigenvalue weighted by Crippen LogP contribution is -1.93. The van der Waals surface area contributed by atoms with Gasteiger partial charge in [-0.1, -0.05) is 0 Å². The Balaban J connectivity index is 2.53. The first kappa shape index (κ1) is 11.5. The van der Waals surface area contributed by atoms with Crippen molar-refractivity contribution in [1.29, 1.82) is 0 Å². The number of allylic oxidation sites excluding steroid dienone is 2. The van der Waals surface area contributed by atoms with Gasteiger partial charge in [-0.15, -0.1) is 0 Å². The minimum atomic E-state index is 0.0714. The van der Waals surface area contributed by atoms with E-state index in [1.165, 1.54) is 20.3 Å².